The van der Waals surface area contributed by atoms with Crippen LogP contribution in [0.1, 0.15) is 37.7 Å². The lowest BCUT2D eigenvalue weighted by atomic mass is 9.93. The van der Waals surface area contributed by atoms with E-state index in [1.165, 1.54) is 6.42 Å². The maximum atomic E-state index is 6.36. The number of rotatable bonds is 3. The summed E-state index contributed by atoms with van der Waals surface area (Å²) < 4.78 is 13.7. The lowest BCUT2D eigenvalue weighted by Crippen LogP contribution is -2.39. The van der Waals surface area contributed by atoms with Crippen LogP contribution in [0.2, 0.25) is 0 Å². The topological polar surface area (TPSA) is 30.8 Å². The molecule has 3 nitrogen and oxygen atoms in total. The molecule has 1 aliphatic heterocycles. The van der Waals surface area contributed by atoms with Gasteiger partial charge >= 0.3 is 0 Å². The summed E-state index contributed by atoms with van der Waals surface area (Å²) in [4.78, 5) is 4.50. The SMILES string of the molecule is Br.Brc1ccc(N=C/C=C2/C=C(c3ccccc3)OC3(CCCCC3)O2)cc1. The molecule has 1 fully saturated rings. The van der Waals surface area contributed by atoms with Gasteiger partial charge in [-0.15, -0.1) is 17.0 Å². The minimum Gasteiger partial charge on any atom is -0.452 e. The van der Waals surface area contributed by atoms with Gasteiger partial charge in [-0.05, 0) is 43.2 Å². The van der Waals surface area contributed by atoms with Crippen molar-refractivity contribution in [1.29, 1.82) is 0 Å². The summed E-state index contributed by atoms with van der Waals surface area (Å²) in [6.45, 7) is 0. The van der Waals surface area contributed by atoms with Crippen LogP contribution < -0.4 is 0 Å². The summed E-state index contributed by atoms with van der Waals surface area (Å²) in [6.07, 6.45) is 11.0. The number of ether oxygens (including phenoxy) is 2. The molecule has 28 heavy (non-hydrogen) atoms. The quantitative estimate of drug-likeness (QED) is 0.408. The smallest absolute Gasteiger partial charge is 0.251 e. The van der Waals surface area contributed by atoms with Gasteiger partial charge in [-0.2, -0.15) is 0 Å². The van der Waals surface area contributed by atoms with Crippen LogP contribution in [0.5, 0.6) is 0 Å². The molecule has 0 atom stereocenters. The number of allylic oxidation sites excluding steroid dienone is 2. The van der Waals surface area contributed by atoms with Crippen LogP contribution in [-0.2, 0) is 9.47 Å². The standard InChI is InChI=1S/C23H22BrNO2.BrH/c24-19-9-11-20(12-10-19)25-16-13-21-17-22(18-7-3-1-4-8-18)27-23(26-21)14-5-2-6-15-23;/h1,3-4,7-13,16-17H,2,5-6,14-15H2;1H/b21-13-,25-16?;. The van der Waals surface area contributed by atoms with E-state index in [0.717, 1.165) is 52.9 Å². The van der Waals surface area contributed by atoms with Crippen molar-refractivity contribution in [2.75, 3.05) is 0 Å². The zero-order valence-corrected chi connectivity index (χ0v) is 18.8. The van der Waals surface area contributed by atoms with Crippen molar-refractivity contribution in [3.05, 3.63) is 82.5 Å². The molecule has 0 bridgehead atoms. The monoisotopic (exact) mass is 503 g/mol. The highest BCUT2D eigenvalue weighted by Crippen LogP contribution is 2.41. The van der Waals surface area contributed by atoms with E-state index in [2.05, 4.69) is 33.1 Å². The molecule has 0 saturated heterocycles. The number of hydrogen-bond donors (Lipinski definition) is 0. The number of halogens is 2. The van der Waals surface area contributed by atoms with Crippen LogP contribution in [0.3, 0.4) is 0 Å². The van der Waals surface area contributed by atoms with Crippen molar-refractivity contribution >= 4 is 50.6 Å². The molecule has 0 aromatic heterocycles. The molecule has 2 aromatic rings. The maximum absolute atomic E-state index is 6.36. The van der Waals surface area contributed by atoms with Gasteiger partial charge in [0.2, 0.25) is 0 Å². The molecule has 1 aliphatic carbocycles. The number of nitrogens with zero attached hydrogens (tertiary/aromatic N) is 1. The first-order valence-corrected chi connectivity index (χ1v) is 10.2. The molecule has 5 heteroatoms. The Kier molecular flexibility index (Phi) is 7.13. The molecule has 1 heterocycles. The van der Waals surface area contributed by atoms with Crippen LogP contribution in [0.25, 0.3) is 5.76 Å². The average Bonchev–Trinajstić information content (AvgIpc) is 2.70. The lowest BCUT2D eigenvalue weighted by Gasteiger charge is -2.41. The molecule has 0 unspecified atom stereocenters. The Hall–Kier alpha value is -1.85. The van der Waals surface area contributed by atoms with E-state index in [4.69, 9.17) is 9.47 Å². The van der Waals surface area contributed by atoms with E-state index in [9.17, 15) is 0 Å². The minimum atomic E-state index is -0.546. The van der Waals surface area contributed by atoms with Crippen LogP contribution in [-0.4, -0.2) is 12.0 Å². The van der Waals surface area contributed by atoms with Crippen LogP contribution in [0.4, 0.5) is 5.69 Å². The summed E-state index contributed by atoms with van der Waals surface area (Å²) in [5.74, 6) is 1.12. The van der Waals surface area contributed by atoms with E-state index in [0.29, 0.717) is 0 Å². The third-order valence-corrected chi connectivity index (χ3v) is 5.36. The zero-order chi connectivity index (χ0) is 18.5. The lowest BCUT2D eigenvalue weighted by molar-refractivity contribution is -0.196. The minimum absolute atomic E-state index is 0. The second-order valence-electron chi connectivity index (χ2n) is 6.87. The van der Waals surface area contributed by atoms with Gasteiger partial charge in [0, 0.05) is 35.2 Å². The van der Waals surface area contributed by atoms with Crippen molar-refractivity contribution in [2.24, 2.45) is 4.99 Å². The number of aliphatic imine (C=N–C) groups is 1. The Morgan fingerprint density at radius 2 is 1.61 bits per heavy atom. The Morgan fingerprint density at radius 3 is 2.32 bits per heavy atom. The van der Waals surface area contributed by atoms with Gasteiger partial charge in [0.15, 0.2) is 0 Å². The highest BCUT2D eigenvalue weighted by molar-refractivity contribution is 9.10. The van der Waals surface area contributed by atoms with Gasteiger partial charge in [0.1, 0.15) is 11.5 Å². The van der Waals surface area contributed by atoms with Crippen LogP contribution >= 0.6 is 32.9 Å². The van der Waals surface area contributed by atoms with Gasteiger partial charge in [0.25, 0.3) is 5.79 Å². The summed E-state index contributed by atoms with van der Waals surface area (Å²) in [5, 5.41) is 0. The van der Waals surface area contributed by atoms with Gasteiger partial charge < -0.3 is 9.47 Å². The fourth-order valence-electron chi connectivity index (χ4n) is 3.47. The van der Waals surface area contributed by atoms with E-state index in [1.807, 2.05) is 54.6 Å². The Labute approximate surface area is 185 Å². The molecule has 146 valence electrons. The fraction of sp³-hybridized carbons (Fsp3) is 0.261. The summed E-state index contributed by atoms with van der Waals surface area (Å²) in [6, 6.07) is 18.1. The van der Waals surface area contributed by atoms with Crippen molar-refractivity contribution in [2.45, 2.75) is 37.9 Å². The van der Waals surface area contributed by atoms with Gasteiger partial charge in [-0.25, -0.2) is 0 Å². The normalized spacial score (nSPS) is 19.6. The first kappa shape index (κ1) is 20.9. The first-order chi connectivity index (χ1) is 13.2. The Bertz CT molecular complexity index is 867. The fourth-order valence-corrected chi connectivity index (χ4v) is 3.73. The molecule has 0 N–H and O–H groups in total. The van der Waals surface area contributed by atoms with Crippen LogP contribution in [0, 0.1) is 0 Å². The van der Waals surface area contributed by atoms with Crippen molar-refractivity contribution in [1.82, 2.24) is 0 Å². The second kappa shape index (κ2) is 9.57. The predicted molar refractivity (Wildman–Crippen MR) is 123 cm³/mol. The van der Waals surface area contributed by atoms with Gasteiger partial charge in [0.05, 0.1) is 5.69 Å². The van der Waals surface area contributed by atoms with E-state index < -0.39 is 5.79 Å². The van der Waals surface area contributed by atoms with Gasteiger partial charge in [-0.1, -0.05) is 52.7 Å². The Morgan fingerprint density at radius 1 is 0.893 bits per heavy atom. The maximum Gasteiger partial charge on any atom is 0.251 e. The summed E-state index contributed by atoms with van der Waals surface area (Å²) in [7, 11) is 0. The molecular weight excluding hydrogens is 482 g/mol. The van der Waals surface area contributed by atoms with Crippen molar-refractivity contribution in [3.63, 3.8) is 0 Å². The van der Waals surface area contributed by atoms with Crippen molar-refractivity contribution in [3.8, 4) is 0 Å². The predicted octanol–water partition coefficient (Wildman–Crippen LogP) is 7.36. The third-order valence-electron chi connectivity index (χ3n) is 4.84. The highest BCUT2D eigenvalue weighted by Gasteiger charge is 2.40. The van der Waals surface area contributed by atoms with E-state index in [1.54, 1.807) is 6.21 Å². The average molecular weight is 505 g/mol. The summed E-state index contributed by atoms with van der Waals surface area (Å²) >= 11 is 3.44. The molecule has 0 radical (unpaired) electrons. The van der Waals surface area contributed by atoms with Gasteiger partial charge in [-0.3, -0.25) is 4.99 Å². The van der Waals surface area contributed by atoms with Crippen LogP contribution in [0.15, 0.2) is 82.0 Å². The third kappa shape index (κ3) is 5.15. The zero-order valence-electron chi connectivity index (χ0n) is 15.5. The Balaban J connectivity index is 0.00000225. The number of hydrogen-bond acceptors (Lipinski definition) is 3. The highest BCUT2D eigenvalue weighted by atomic mass is 79.9. The molecule has 0 amide bonds. The molecule has 2 aliphatic rings. The molecule has 1 saturated carbocycles. The molecule has 2 aromatic carbocycles. The van der Waals surface area contributed by atoms with Crippen molar-refractivity contribution < 1.29 is 9.47 Å². The summed E-state index contributed by atoms with van der Waals surface area (Å²) in [5.41, 5.74) is 1.98. The molecular formula is C23H23Br2NO2. The number of benzene rings is 2. The largest absolute Gasteiger partial charge is 0.452 e. The van der Waals surface area contributed by atoms with E-state index in [-0.39, 0.29) is 17.0 Å². The second-order valence-corrected chi connectivity index (χ2v) is 7.79. The first-order valence-electron chi connectivity index (χ1n) is 9.38. The molecule has 1 spiro atoms. The van der Waals surface area contributed by atoms with E-state index >= 15 is 0 Å². The molecule has 4 rings (SSSR count).